The van der Waals surface area contributed by atoms with E-state index in [1.807, 2.05) is 65.5 Å². The Balaban J connectivity index is 1.87. The standard InChI is InChI=1S/C25H21N3O3/c1-29-18-11-9-17(10-12-18)28-25-19-13-22(30-2)23(31-3)14-21(19)26-15-20(25)24(27-28)16-7-5-4-6-8-16/h4-15H,1-3H3. The molecule has 6 heteroatoms. The molecule has 0 aliphatic rings. The molecule has 0 radical (unpaired) electrons. The largest absolute Gasteiger partial charge is 0.497 e. The number of methoxy groups -OCH3 is 3. The zero-order chi connectivity index (χ0) is 21.4. The Hall–Kier alpha value is -4.06. The maximum atomic E-state index is 5.56. The highest BCUT2D eigenvalue weighted by molar-refractivity contribution is 6.09. The zero-order valence-corrected chi connectivity index (χ0v) is 17.5. The third-order valence-electron chi connectivity index (χ3n) is 5.38. The SMILES string of the molecule is COc1ccc(-n2nc(-c3ccccc3)c3cnc4cc(OC)c(OC)cc4c32)cc1. The van der Waals surface area contributed by atoms with Gasteiger partial charge in [0.1, 0.15) is 11.4 Å². The molecule has 0 amide bonds. The van der Waals surface area contributed by atoms with Crippen molar-refractivity contribution in [2.45, 2.75) is 0 Å². The third kappa shape index (κ3) is 3.13. The highest BCUT2D eigenvalue weighted by atomic mass is 16.5. The summed E-state index contributed by atoms with van der Waals surface area (Å²) in [6.07, 6.45) is 1.87. The van der Waals surface area contributed by atoms with Gasteiger partial charge < -0.3 is 14.2 Å². The molecule has 6 nitrogen and oxygen atoms in total. The molecule has 3 aromatic carbocycles. The van der Waals surface area contributed by atoms with E-state index in [1.54, 1.807) is 21.3 Å². The Kier molecular flexibility index (Phi) is 4.67. The molecule has 0 unspecified atom stereocenters. The number of fused-ring (bicyclic) bond motifs is 3. The molecule has 0 aliphatic carbocycles. The first-order chi connectivity index (χ1) is 15.2. The minimum atomic E-state index is 0.639. The predicted molar refractivity (Wildman–Crippen MR) is 121 cm³/mol. The van der Waals surface area contributed by atoms with E-state index in [9.17, 15) is 0 Å². The molecular formula is C25H21N3O3. The van der Waals surface area contributed by atoms with E-state index in [-0.39, 0.29) is 0 Å². The zero-order valence-electron chi connectivity index (χ0n) is 17.5. The van der Waals surface area contributed by atoms with Crippen molar-refractivity contribution < 1.29 is 14.2 Å². The molecule has 0 N–H and O–H groups in total. The fourth-order valence-electron chi connectivity index (χ4n) is 3.83. The first-order valence-electron chi connectivity index (χ1n) is 9.87. The average Bonchev–Trinajstić information content (AvgIpc) is 3.23. The summed E-state index contributed by atoms with van der Waals surface area (Å²) >= 11 is 0. The number of pyridine rings is 1. The molecule has 31 heavy (non-hydrogen) atoms. The highest BCUT2D eigenvalue weighted by Gasteiger charge is 2.19. The van der Waals surface area contributed by atoms with Gasteiger partial charge in [-0.25, -0.2) is 4.68 Å². The number of nitrogens with zero attached hydrogens (tertiary/aromatic N) is 3. The third-order valence-corrected chi connectivity index (χ3v) is 5.38. The van der Waals surface area contributed by atoms with Gasteiger partial charge in [0.15, 0.2) is 11.5 Å². The number of benzene rings is 3. The Morgan fingerprint density at radius 3 is 2.13 bits per heavy atom. The van der Waals surface area contributed by atoms with Crippen LogP contribution in [0, 0.1) is 0 Å². The molecule has 5 aromatic rings. The maximum Gasteiger partial charge on any atom is 0.162 e. The summed E-state index contributed by atoms with van der Waals surface area (Å²) in [6.45, 7) is 0. The summed E-state index contributed by atoms with van der Waals surface area (Å²) in [4.78, 5) is 4.71. The van der Waals surface area contributed by atoms with Gasteiger partial charge in [0, 0.05) is 28.6 Å². The van der Waals surface area contributed by atoms with E-state index in [1.165, 1.54) is 0 Å². The molecule has 154 valence electrons. The quantitative estimate of drug-likeness (QED) is 0.394. The highest BCUT2D eigenvalue weighted by Crippen LogP contribution is 2.38. The van der Waals surface area contributed by atoms with Crippen LogP contribution < -0.4 is 14.2 Å². The van der Waals surface area contributed by atoms with Crippen LogP contribution in [0.5, 0.6) is 17.2 Å². The van der Waals surface area contributed by atoms with Gasteiger partial charge in [-0.05, 0) is 30.3 Å². The lowest BCUT2D eigenvalue weighted by Crippen LogP contribution is -1.98. The summed E-state index contributed by atoms with van der Waals surface area (Å²) in [6, 6.07) is 21.8. The van der Waals surface area contributed by atoms with Crippen molar-refractivity contribution in [2.75, 3.05) is 21.3 Å². The number of rotatable bonds is 5. The minimum Gasteiger partial charge on any atom is -0.497 e. The minimum absolute atomic E-state index is 0.639. The second kappa shape index (κ2) is 7.65. The van der Waals surface area contributed by atoms with Crippen LogP contribution in [-0.4, -0.2) is 36.1 Å². The molecular weight excluding hydrogens is 390 g/mol. The predicted octanol–water partition coefficient (Wildman–Crippen LogP) is 5.27. The van der Waals surface area contributed by atoms with Crippen LogP contribution in [-0.2, 0) is 0 Å². The lowest BCUT2D eigenvalue weighted by atomic mass is 10.1. The fourth-order valence-corrected chi connectivity index (χ4v) is 3.83. The van der Waals surface area contributed by atoms with Gasteiger partial charge in [-0.15, -0.1) is 0 Å². The number of hydrogen-bond acceptors (Lipinski definition) is 5. The summed E-state index contributed by atoms with van der Waals surface area (Å²) in [7, 11) is 4.91. The van der Waals surface area contributed by atoms with Crippen LogP contribution in [0.3, 0.4) is 0 Å². The van der Waals surface area contributed by atoms with Gasteiger partial charge in [0.25, 0.3) is 0 Å². The number of ether oxygens (including phenoxy) is 3. The van der Waals surface area contributed by atoms with E-state index >= 15 is 0 Å². The fraction of sp³-hybridized carbons (Fsp3) is 0.120. The Morgan fingerprint density at radius 2 is 1.45 bits per heavy atom. The molecule has 0 bridgehead atoms. The van der Waals surface area contributed by atoms with Gasteiger partial charge in [-0.3, -0.25) is 4.98 Å². The first kappa shape index (κ1) is 18.9. The van der Waals surface area contributed by atoms with Crippen LogP contribution in [0.15, 0.2) is 72.9 Å². The van der Waals surface area contributed by atoms with Gasteiger partial charge in [0.2, 0.25) is 0 Å². The van der Waals surface area contributed by atoms with Crippen molar-refractivity contribution in [1.82, 2.24) is 14.8 Å². The molecule has 0 spiro atoms. The molecule has 2 aromatic heterocycles. The molecule has 0 atom stereocenters. The number of hydrogen-bond donors (Lipinski definition) is 0. The second-order valence-corrected chi connectivity index (χ2v) is 7.07. The summed E-state index contributed by atoms with van der Waals surface area (Å²) in [5.74, 6) is 2.08. The Bertz CT molecular complexity index is 1380. The van der Waals surface area contributed by atoms with Gasteiger partial charge in [-0.1, -0.05) is 30.3 Å². The monoisotopic (exact) mass is 411 g/mol. The molecule has 0 aliphatic heterocycles. The molecule has 5 rings (SSSR count). The topological polar surface area (TPSA) is 58.4 Å². The van der Waals surface area contributed by atoms with Crippen LogP contribution in [0.25, 0.3) is 38.8 Å². The summed E-state index contributed by atoms with van der Waals surface area (Å²) in [5.41, 5.74) is 4.58. The second-order valence-electron chi connectivity index (χ2n) is 7.07. The van der Waals surface area contributed by atoms with Crippen molar-refractivity contribution in [3.63, 3.8) is 0 Å². The Labute approximate surface area is 179 Å². The lowest BCUT2D eigenvalue weighted by molar-refractivity contribution is 0.356. The normalized spacial score (nSPS) is 11.1. The summed E-state index contributed by atoms with van der Waals surface area (Å²) in [5, 5.41) is 6.89. The molecule has 2 heterocycles. The van der Waals surface area contributed by atoms with E-state index in [4.69, 9.17) is 24.3 Å². The van der Waals surface area contributed by atoms with E-state index in [0.717, 1.165) is 44.5 Å². The first-order valence-corrected chi connectivity index (χ1v) is 9.87. The average molecular weight is 411 g/mol. The van der Waals surface area contributed by atoms with Crippen LogP contribution in [0.4, 0.5) is 0 Å². The van der Waals surface area contributed by atoms with Crippen molar-refractivity contribution in [3.8, 4) is 34.2 Å². The maximum absolute atomic E-state index is 5.56. The Morgan fingerprint density at radius 1 is 0.742 bits per heavy atom. The van der Waals surface area contributed by atoms with Gasteiger partial charge >= 0.3 is 0 Å². The van der Waals surface area contributed by atoms with E-state index in [0.29, 0.717) is 11.5 Å². The van der Waals surface area contributed by atoms with Gasteiger partial charge in [0.05, 0.1) is 38.1 Å². The van der Waals surface area contributed by atoms with Crippen molar-refractivity contribution >= 4 is 21.8 Å². The number of aromatic nitrogens is 3. The lowest BCUT2D eigenvalue weighted by Gasteiger charge is -2.11. The van der Waals surface area contributed by atoms with Gasteiger partial charge in [-0.2, -0.15) is 5.10 Å². The smallest absolute Gasteiger partial charge is 0.162 e. The van der Waals surface area contributed by atoms with Crippen molar-refractivity contribution in [2.24, 2.45) is 0 Å². The van der Waals surface area contributed by atoms with Crippen molar-refractivity contribution in [1.29, 1.82) is 0 Å². The summed E-state index contributed by atoms with van der Waals surface area (Å²) < 4.78 is 18.3. The molecule has 0 fully saturated rings. The van der Waals surface area contributed by atoms with E-state index < -0.39 is 0 Å². The molecule has 0 saturated heterocycles. The van der Waals surface area contributed by atoms with Crippen LogP contribution in [0.1, 0.15) is 0 Å². The van der Waals surface area contributed by atoms with E-state index in [2.05, 4.69) is 12.1 Å². The van der Waals surface area contributed by atoms with Crippen LogP contribution >= 0.6 is 0 Å². The van der Waals surface area contributed by atoms with Crippen molar-refractivity contribution in [3.05, 3.63) is 72.9 Å². The van der Waals surface area contributed by atoms with Crippen LogP contribution in [0.2, 0.25) is 0 Å². The molecule has 0 saturated carbocycles.